The number of benzene rings is 1. The van der Waals surface area contributed by atoms with E-state index >= 15 is 0 Å². The monoisotopic (exact) mass is 357 g/mol. The molecule has 0 aliphatic heterocycles. The van der Waals surface area contributed by atoms with Gasteiger partial charge in [-0.3, -0.25) is 14.9 Å². The summed E-state index contributed by atoms with van der Waals surface area (Å²) < 4.78 is 24.7. The number of pyridine rings is 1. The van der Waals surface area contributed by atoms with E-state index in [1.807, 2.05) is 0 Å². The van der Waals surface area contributed by atoms with Gasteiger partial charge in [0, 0.05) is 23.9 Å². The summed E-state index contributed by atoms with van der Waals surface area (Å²) in [6, 6.07) is 7.29. The molecule has 26 heavy (non-hydrogen) atoms. The van der Waals surface area contributed by atoms with Crippen molar-refractivity contribution in [2.75, 3.05) is 11.9 Å². The van der Waals surface area contributed by atoms with Crippen LogP contribution in [0.15, 0.2) is 52.0 Å². The Morgan fingerprint density at radius 1 is 1.35 bits per heavy atom. The number of hydrogen-bond donors (Lipinski definition) is 2. The number of carbonyl (C=O) groups excluding carboxylic acids is 1. The zero-order valence-corrected chi connectivity index (χ0v) is 13.9. The zero-order chi connectivity index (χ0) is 18.5. The largest absolute Gasteiger partial charge is 0.493 e. The lowest BCUT2D eigenvalue weighted by molar-refractivity contribution is -0.115. The van der Waals surface area contributed by atoms with Crippen LogP contribution in [0.4, 0.5) is 10.3 Å². The normalized spacial score (nSPS) is 10.5. The first-order valence-electron chi connectivity index (χ1n) is 7.91. The maximum Gasteiger partial charge on any atom is 0.251 e. The van der Waals surface area contributed by atoms with Gasteiger partial charge >= 0.3 is 0 Å². The van der Waals surface area contributed by atoms with Gasteiger partial charge in [-0.25, -0.2) is 4.39 Å². The second-order valence-corrected chi connectivity index (χ2v) is 5.42. The van der Waals surface area contributed by atoms with Crippen molar-refractivity contribution in [3.63, 3.8) is 0 Å². The second-order valence-electron chi connectivity index (χ2n) is 5.42. The minimum absolute atomic E-state index is 0.156. The van der Waals surface area contributed by atoms with Crippen molar-refractivity contribution in [3.8, 4) is 16.9 Å². The SMILES string of the molecule is CCOc1cc(=O)[nH]cc1-c1ccc(CC(=O)Nc2ccno2)c(F)c1. The van der Waals surface area contributed by atoms with Crippen LogP contribution in [0.5, 0.6) is 5.75 Å². The molecule has 3 aromatic rings. The van der Waals surface area contributed by atoms with Crippen molar-refractivity contribution >= 4 is 11.8 Å². The van der Waals surface area contributed by atoms with Gasteiger partial charge in [0.1, 0.15) is 11.6 Å². The molecule has 0 aliphatic rings. The number of nitrogens with zero attached hydrogens (tertiary/aromatic N) is 1. The van der Waals surface area contributed by atoms with Gasteiger partial charge in [0.2, 0.25) is 11.8 Å². The number of carbonyl (C=O) groups is 1. The lowest BCUT2D eigenvalue weighted by atomic mass is 10.0. The van der Waals surface area contributed by atoms with Gasteiger partial charge in [0.15, 0.2) is 0 Å². The topological polar surface area (TPSA) is 97.2 Å². The van der Waals surface area contributed by atoms with Crippen molar-refractivity contribution in [2.24, 2.45) is 0 Å². The molecule has 7 nitrogen and oxygen atoms in total. The molecular formula is C18H16FN3O4. The lowest BCUT2D eigenvalue weighted by Gasteiger charge is -2.11. The average Bonchev–Trinajstić information content (AvgIpc) is 3.10. The summed E-state index contributed by atoms with van der Waals surface area (Å²) >= 11 is 0. The maximum absolute atomic E-state index is 14.4. The molecule has 2 heterocycles. The van der Waals surface area contributed by atoms with Gasteiger partial charge in [-0.2, -0.15) is 0 Å². The number of aromatic amines is 1. The number of ether oxygens (including phenoxy) is 1. The van der Waals surface area contributed by atoms with Crippen molar-refractivity contribution in [1.82, 2.24) is 10.1 Å². The highest BCUT2D eigenvalue weighted by molar-refractivity contribution is 5.91. The first kappa shape index (κ1) is 17.4. The Morgan fingerprint density at radius 3 is 2.88 bits per heavy atom. The van der Waals surface area contributed by atoms with E-state index in [-0.39, 0.29) is 23.4 Å². The highest BCUT2D eigenvalue weighted by Gasteiger charge is 2.13. The third kappa shape index (κ3) is 3.97. The van der Waals surface area contributed by atoms with Crippen molar-refractivity contribution < 1.29 is 18.4 Å². The van der Waals surface area contributed by atoms with E-state index in [9.17, 15) is 14.0 Å². The highest BCUT2D eigenvalue weighted by Crippen LogP contribution is 2.29. The Balaban J connectivity index is 1.81. The van der Waals surface area contributed by atoms with E-state index in [2.05, 4.69) is 15.5 Å². The van der Waals surface area contributed by atoms with Crippen LogP contribution in [0, 0.1) is 5.82 Å². The van der Waals surface area contributed by atoms with Crippen LogP contribution in [0.3, 0.4) is 0 Å². The molecule has 2 aromatic heterocycles. The number of hydrogen-bond acceptors (Lipinski definition) is 5. The molecule has 0 radical (unpaired) electrons. The number of nitrogens with one attached hydrogen (secondary N) is 2. The number of amides is 1. The standard InChI is InChI=1S/C18H16FN3O4/c1-2-25-15-9-16(23)20-10-13(15)11-3-4-12(14(19)7-11)8-17(24)22-18-5-6-21-26-18/h3-7,9-10H,2,8H2,1H3,(H,20,23)(H,22,24). The van der Waals surface area contributed by atoms with Gasteiger partial charge < -0.3 is 14.2 Å². The van der Waals surface area contributed by atoms with Gasteiger partial charge in [-0.05, 0) is 24.1 Å². The second kappa shape index (κ2) is 7.64. The number of halogens is 1. The van der Waals surface area contributed by atoms with Crippen molar-refractivity contribution in [1.29, 1.82) is 0 Å². The Labute approximate surface area is 147 Å². The molecule has 0 unspecified atom stereocenters. The molecule has 0 aliphatic carbocycles. The van der Waals surface area contributed by atoms with Gasteiger partial charge in [0.05, 0.1) is 19.2 Å². The fraction of sp³-hybridized carbons (Fsp3) is 0.167. The molecule has 0 atom stereocenters. The predicted octanol–water partition coefficient (Wildman–Crippen LogP) is 2.75. The fourth-order valence-corrected chi connectivity index (χ4v) is 2.45. The molecule has 1 aromatic carbocycles. The molecule has 2 N–H and O–H groups in total. The molecule has 8 heteroatoms. The van der Waals surface area contributed by atoms with Gasteiger partial charge in [-0.1, -0.05) is 17.3 Å². The smallest absolute Gasteiger partial charge is 0.251 e. The first-order valence-corrected chi connectivity index (χ1v) is 7.91. The molecule has 0 bridgehead atoms. The third-order valence-corrected chi connectivity index (χ3v) is 3.60. The summed E-state index contributed by atoms with van der Waals surface area (Å²) in [5.41, 5.74) is 1.01. The van der Waals surface area contributed by atoms with Gasteiger partial charge in [0.25, 0.3) is 5.56 Å². The van der Waals surface area contributed by atoms with Gasteiger partial charge in [-0.15, -0.1) is 0 Å². The van der Waals surface area contributed by atoms with E-state index in [0.29, 0.717) is 23.5 Å². The molecule has 0 fully saturated rings. The van der Waals surface area contributed by atoms with Crippen LogP contribution < -0.4 is 15.6 Å². The van der Waals surface area contributed by atoms with Crippen molar-refractivity contribution in [3.05, 3.63) is 64.5 Å². The quantitative estimate of drug-likeness (QED) is 0.707. The highest BCUT2D eigenvalue weighted by atomic mass is 19.1. The van der Waals surface area contributed by atoms with Crippen LogP contribution in [0.1, 0.15) is 12.5 Å². The predicted molar refractivity (Wildman–Crippen MR) is 92.5 cm³/mol. The molecule has 1 amide bonds. The number of anilines is 1. The minimum Gasteiger partial charge on any atom is -0.493 e. The third-order valence-electron chi connectivity index (χ3n) is 3.60. The van der Waals surface area contributed by atoms with E-state index in [1.54, 1.807) is 13.0 Å². The summed E-state index contributed by atoms with van der Waals surface area (Å²) in [5.74, 6) is -0.399. The minimum atomic E-state index is -0.538. The van der Waals surface area contributed by atoms with Crippen molar-refractivity contribution in [2.45, 2.75) is 13.3 Å². The molecule has 0 saturated heterocycles. The number of H-pyrrole nitrogens is 1. The molecule has 0 spiro atoms. The summed E-state index contributed by atoms with van der Waals surface area (Å²) in [4.78, 5) is 25.9. The first-order chi connectivity index (χ1) is 12.6. The van der Waals surface area contributed by atoms with E-state index in [4.69, 9.17) is 9.26 Å². The zero-order valence-electron chi connectivity index (χ0n) is 13.9. The van der Waals surface area contributed by atoms with Crippen LogP contribution in [-0.2, 0) is 11.2 Å². The van der Waals surface area contributed by atoms with Crippen LogP contribution in [-0.4, -0.2) is 22.7 Å². The Hall–Kier alpha value is -3.42. The lowest BCUT2D eigenvalue weighted by Crippen LogP contribution is -2.14. The summed E-state index contributed by atoms with van der Waals surface area (Å²) in [6.07, 6.45) is 2.71. The Bertz CT molecular complexity index is 967. The fourth-order valence-electron chi connectivity index (χ4n) is 2.45. The van der Waals surface area contributed by atoms with E-state index in [1.165, 1.54) is 36.7 Å². The molecular weight excluding hydrogens is 341 g/mol. The summed E-state index contributed by atoms with van der Waals surface area (Å²) in [5, 5.41) is 5.96. The summed E-state index contributed by atoms with van der Waals surface area (Å²) in [6.45, 7) is 2.17. The van der Waals surface area contributed by atoms with Crippen LogP contribution in [0.2, 0.25) is 0 Å². The average molecular weight is 357 g/mol. The summed E-state index contributed by atoms with van der Waals surface area (Å²) in [7, 11) is 0. The van der Waals surface area contributed by atoms with E-state index in [0.717, 1.165) is 0 Å². The van der Waals surface area contributed by atoms with Crippen LogP contribution in [0.25, 0.3) is 11.1 Å². The Kier molecular flexibility index (Phi) is 5.12. The Morgan fingerprint density at radius 2 is 2.19 bits per heavy atom. The van der Waals surface area contributed by atoms with E-state index < -0.39 is 11.7 Å². The molecule has 3 rings (SSSR count). The van der Waals surface area contributed by atoms with Crippen LogP contribution >= 0.6 is 0 Å². The number of aromatic nitrogens is 2. The maximum atomic E-state index is 14.4. The molecule has 134 valence electrons. The number of rotatable bonds is 6. The molecule has 0 saturated carbocycles.